The third-order valence-electron chi connectivity index (χ3n) is 6.91. The van der Waals surface area contributed by atoms with Crippen LogP contribution in [0.1, 0.15) is 61.3 Å². The molecule has 0 aromatic rings. The van der Waals surface area contributed by atoms with Crippen LogP contribution in [0.15, 0.2) is 11.6 Å². The van der Waals surface area contributed by atoms with Gasteiger partial charge in [-0.1, -0.05) is 25.5 Å². The maximum Gasteiger partial charge on any atom is 0.351 e. The minimum Gasteiger partial charge on any atom is -0.461 e. The van der Waals surface area contributed by atoms with Crippen LogP contribution in [0.25, 0.3) is 0 Å². The van der Waals surface area contributed by atoms with Gasteiger partial charge in [-0.2, -0.15) is 0 Å². The van der Waals surface area contributed by atoms with Crippen LogP contribution in [-0.2, 0) is 38.1 Å². The number of hydrogen-bond donors (Lipinski definition) is 0. The highest BCUT2D eigenvalue weighted by atomic mass is 16.6. The molecule has 7 atom stereocenters. The van der Waals surface area contributed by atoms with E-state index in [0.717, 1.165) is 5.57 Å². The third kappa shape index (κ3) is 3.96. The first-order valence-corrected chi connectivity index (χ1v) is 10.8. The molecular weight excluding hydrogens is 404 g/mol. The van der Waals surface area contributed by atoms with E-state index in [9.17, 15) is 19.2 Å². The van der Waals surface area contributed by atoms with Gasteiger partial charge in [-0.25, -0.2) is 4.79 Å². The van der Waals surface area contributed by atoms with E-state index in [1.807, 2.05) is 13.8 Å². The Morgan fingerprint density at radius 3 is 2.29 bits per heavy atom. The van der Waals surface area contributed by atoms with Crippen molar-refractivity contribution in [2.45, 2.75) is 84.7 Å². The highest BCUT2D eigenvalue weighted by Crippen LogP contribution is 2.55. The van der Waals surface area contributed by atoms with Crippen LogP contribution in [0.4, 0.5) is 0 Å². The lowest BCUT2D eigenvalue weighted by molar-refractivity contribution is -0.184. The Kier molecular flexibility index (Phi) is 5.97. The smallest absolute Gasteiger partial charge is 0.351 e. The fourth-order valence-corrected chi connectivity index (χ4v) is 5.59. The first-order valence-electron chi connectivity index (χ1n) is 10.8. The number of esters is 4. The first-order chi connectivity index (χ1) is 14.3. The number of rotatable bonds is 4. The minimum absolute atomic E-state index is 0.167. The summed E-state index contributed by atoms with van der Waals surface area (Å²) in [5.41, 5.74) is -1.57. The van der Waals surface area contributed by atoms with Gasteiger partial charge in [0.05, 0.1) is 11.8 Å². The molecule has 3 aliphatic rings. The van der Waals surface area contributed by atoms with Crippen LogP contribution in [0.5, 0.6) is 0 Å². The van der Waals surface area contributed by atoms with Crippen molar-refractivity contribution >= 4 is 23.9 Å². The van der Waals surface area contributed by atoms with Gasteiger partial charge in [-0.05, 0) is 27.2 Å². The van der Waals surface area contributed by atoms with Gasteiger partial charge in [-0.3, -0.25) is 14.4 Å². The molecule has 0 amide bonds. The minimum atomic E-state index is -1.62. The van der Waals surface area contributed by atoms with Gasteiger partial charge >= 0.3 is 23.9 Å². The monoisotopic (exact) mass is 436 g/mol. The fourth-order valence-electron chi connectivity index (χ4n) is 5.59. The van der Waals surface area contributed by atoms with Gasteiger partial charge in [0.2, 0.25) is 5.60 Å². The number of allylic oxidation sites excluding steroid dienone is 1. The largest absolute Gasteiger partial charge is 0.461 e. The first kappa shape index (κ1) is 23.3. The highest BCUT2D eigenvalue weighted by molar-refractivity contribution is 5.85. The van der Waals surface area contributed by atoms with Crippen LogP contribution >= 0.6 is 0 Å². The zero-order valence-electron chi connectivity index (χ0n) is 19.2. The Morgan fingerprint density at radius 1 is 1.13 bits per heavy atom. The van der Waals surface area contributed by atoms with Gasteiger partial charge in [0, 0.05) is 32.1 Å². The second-order valence-electron chi connectivity index (χ2n) is 9.65. The number of carbonyl (C=O) groups excluding carboxylic acids is 4. The molecule has 3 rings (SSSR count). The van der Waals surface area contributed by atoms with Crippen LogP contribution in [0.3, 0.4) is 0 Å². The summed E-state index contributed by atoms with van der Waals surface area (Å²) in [4.78, 5) is 49.5. The summed E-state index contributed by atoms with van der Waals surface area (Å²) in [6.45, 7) is 11.3. The van der Waals surface area contributed by atoms with Crippen molar-refractivity contribution in [1.29, 1.82) is 0 Å². The van der Waals surface area contributed by atoms with Crippen molar-refractivity contribution in [3.05, 3.63) is 11.6 Å². The molecule has 2 fully saturated rings. The van der Waals surface area contributed by atoms with E-state index < -0.39 is 59.1 Å². The second-order valence-corrected chi connectivity index (χ2v) is 9.65. The SMILES string of the molecule is CC(=O)O[C@@]1(C)C[C@H](OC(=O)C(C)C)[C@@H]2[C@@H](OC(=O)[C@@]2(C)OC(C)=O)[C@@H]2C(C)=CC[C@H]21. The fraction of sp³-hybridized carbons (Fsp3) is 0.739. The molecule has 8 nitrogen and oxygen atoms in total. The molecule has 1 heterocycles. The second kappa shape index (κ2) is 7.95. The predicted octanol–water partition coefficient (Wildman–Crippen LogP) is 2.73. The Morgan fingerprint density at radius 2 is 1.74 bits per heavy atom. The summed E-state index contributed by atoms with van der Waals surface area (Å²) in [6.07, 6.45) is 1.34. The van der Waals surface area contributed by atoms with Crippen LogP contribution in [-0.4, -0.2) is 47.3 Å². The Hall–Kier alpha value is -2.38. The van der Waals surface area contributed by atoms with Crippen molar-refractivity contribution in [2.24, 2.45) is 23.7 Å². The lowest BCUT2D eigenvalue weighted by atomic mass is 9.75. The maximum atomic E-state index is 13.0. The Bertz CT molecular complexity index is 829. The molecule has 0 unspecified atom stereocenters. The Balaban J connectivity index is 2.15. The molecule has 1 aliphatic heterocycles. The van der Waals surface area contributed by atoms with Crippen LogP contribution in [0.2, 0.25) is 0 Å². The standard InChI is InChI=1S/C23H32O8/c1-11(2)20(26)28-16-10-22(6,30-13(4)24)15-9-8-12(3)17(15)19-18(16)23(7,21(27)29-19)31-14(5)25/h8,11,15-19H,9-10H2,1-7H3/t15-,16+,17-,18-,19+,22+,23+/m1/s1. The molecule has 0 radical (unpaired) electrons. The molecule has 0 N–H and O–H groups in total. The summed E-state index contributed by atoms with van der Waals surface area (Å²) >= 11 is 0. The van der Waals surface area contributed by atoms with Gasteiger partial charge in [0.15, 0.2) is 0 Å². The summed E-state index contributed by atoms with van der Waals surface area (Å²) in [6, 6.07) is 0. The molecule has 0 bridgehead atoms. The zero-order valence-corrected chi connectivity index (χ0v) is 19.2. The third-order valence-corrected chi connectivity index (χ3v) is 6.91. The van der Waals surface area contributed by atoms with Crippen molar-refractivity contribution in [1.82, 2.24) is 0 Å². The normalized spacial score (nSPS) is 39.0. The number of carbonyl (C=O) groups is 4. The van der Waals surface area contributed by atoms with E-state index in [-0.39, 0.29) is 18.3 Å². The molecule has 1 saturated carbocycles. The van der Waals surface area contributed by atoms with Gasteiger partial charge < -0.3 is 18.9 Å². The molecule has 8 heteroatoms. The zero-order chi connectivity index (χ0) is 23.3. The van der Waals surface area contributed by atoms with Crippen LogP contribution in [0, 0.1) is 23.7 Å². The highest BCUT2D eigenvalue weighted by Gasteiger charge is 2.68. The number of fused-ring (bicyclic) bond motifs is 3. The van der Waals surface area contributed by atoms with E-state index in [0.29, 0.717) is 6.42 Å². The molecule has 0 spiro atoms. The van der Waals surface area contributed by atoms with Crippen molar-refractivity contribution in [3.63, 3.8) is 0 Å². The molecule has 1 saturated heterocycles. The van der Waals surface area contributed by atoms with E-state index in [2.05, 4.69) is 6.08 Å². The quantitative estimate of drug-likeness (QED) is 0.376. The molecular formula is C23H32O8. The maximum absolute atomic E-state index is 13.0. The average Bonchev–Trinajstić information content (AvgIpc) is 3.08. The summed E-state index contributed by atoms with van der Waals surface area (Å²) in [5.74, 6) is -3.73. The number of ether oxygens (including phenoxy) is 4. The summed E-state index contributed by atoms with van der Waals surface area (Å²) in [5, 5.41) is 0. The summed E-state index contributed by atoms with van der Waals surface area (Å²) < 4.78 is 23.0. The van der Waals surface area contributed by atoms with E-state index in [1.165, 1.54) is 20.8 Å². The van der Waals surface area contributed by atoms with Gasteiger partial charge in [0.1, 0.15) is 17.8 Å². The molecule has 172 valence electrons. The van der Waals surface area contributed by atoms with Crippen molar-refractivity contribution in [2.75, 3.05) is 0 Å². The van der Waals surface area contributed by atoms with E-state index in [1.54, 1.807) is 13.8 Å². The van der Waals surface area contributed by atoms with Crippen molar-refractivity contribution in [3.8, 4) is 0 Å². The predicted molar refractivity (Wildman–Crippen MR) is 108 cm³/mol. The van der Waals surface area contributed by atoms with E-state index >= 15 is 0 Å². The molecule has 0 aromatic carbocycles. The topological polar surface area (TPSA) is 105 Å². The number of hydrogen-bond acceptors (Lipinski definition) is 8. The summed E-state index contributed by atoms with van der Waals surface area (Å²) in [7, 11) is 0. The van der Waals surface area contributed by atoms with Gasteiger partial charge in [0.25, 0.3) is 0 Å². The average molecular weight is 437 g/mol. The molecule has 2 aliphatic carbocycles. The lowest BCUT2D eigenvalue weighted by Gasteiger charge is -2.39. The van der Waals surface area contributed by atoms with Crippen LogP contribution < -0.4 is 0 Å². The van der Waals surface area contributed by atoms with Gasteiger partial charge in [-0.15, -0.1) is 0 Å². The molecule has 0 aromatic heterocycles. The van der Waals surface area contributed by atoms with E-state index in [4.69, 9.17) is 18.9 Å². The van der Waals surface area contributed by atoms with Crippen molar-refractivity contribution < 1.29 is 38.1 Å². The molecule has 31 heavy (non-hydrogen) atoms. The lowest BCUT2D eigenvalue weighted by Crippen LogP contribution is -2.51. The Labute approximate surface area is 182 Å².